The molecular weight excluding hydrogens is 400 g/mol. The number of rotatable bonds is 2. The Bertz CT molecular complexity index is 856. The molecule has 128 valence electrons. The highest BCUT2D eigenvalue weighted by Gasteiger charge is 2.41. The third kappa shape index (κ3) is 3.02. The van der Waals surface area contributed by atoms with Crippen LogP contribution in [0.2, 0.25) is 0 Å². The lowest BCUT2D eigenvalue weighted by Gasteiger charge is -2.43. The largest absolute Gasteiger partial charge is 0.360 e. The van der Waals surface area contributed by atoms with Crippen LogP contribution in [0.3, 0.4) is 0 Å². The van der Waals surface area contributed by atoms with E-state index in [4.69, 9.17) is 5.10 Å². The number of carbonyl (C=O) groups excluding carboxylic acids is 1. The van der Waals surface area contributed by atoms with E-state index in [1.165, 1.54) is 11.8 Å². The molecule has 2 aromatic rings. The summed E-state index contributed by atoms with van der Waals surface area (Å²) in [6, 6.07) is 15.5. The molecule has 7 heteroatoms. The van der Waals surface area contributed by atoms with Gasteiger partial charge in [0.2, 0.25) is 0 Å². The zero-order valence-electron chi connectivity index (χ0n) is 13.6. The van der Waals surface area contributed by atoms with Gasteiger partial charge in [0.25, 0.3) is 5.91 Å². The second-order valence-corrected chi connectivity index (χ2v) is 7.97. The van der Waals surface area contributed by atoms with Crippen molar-refractivity contribution in [3.8, 4) is 0 Å². The van der Waals surface area contributed by atoms with Gasteiger partial charge in [-0.3, -0.25) is 9.80 Å². The highest BCUT2D eigenvalue weighted by atomic mass is 79.9. The first-order valence-electron chi connectivity index (χ1n) is 8.09. The van der Waals surface area contributed by atoms with Crippen molar-refractivity contribution in [1.29, 1.82) is 0 Å². The van der Waals surface area contributed by atoms with Crippen molar-refractivity contribution in [3.05, 3.63) is 64.1 Å². The number of hydrogen-bond acceptors (Lipinski definition) is 5. The third-order valence-corrected chi connectivity index (χ3v) is 5.45. The number of thioether (sulfide) groups is 1. The van der Waals surface area contributed by atoms with Crippen molar-refractivity contribution in [2.24, 2.45) is 5.10 Å². The molecule has 2 aliphatic rings. The molecule has 0 aliphatic carbocycles. The number of nitrogens with zero attached hydrogens (tertiary/aromatic N) is 2. The number of amides is 1. The molecule has 0 saturated carbocycles. The third-order valence-electron chi connectivity index (χ3n) is 4.21. The first kappa shape index (κ1) is 16.5. The molecule has 0 fully saturated rings. The average molecular weight is 417 g/mol. The van der Waals surface area contributed by atoms with E-state index >= 15 is 0 Å². The Kier molecular flexibility index (Phi) is 4.43. The molecule has 2 heterocycles. The summed E-state index contributed by atoms with van der Waals surface area (Å²) in [6.07, 6.45) is -0.212. The van der Waals surface area contributed by atoms with Gasteiger partial charge in [-0.15, -0.1) is 5.10 Å². The summed E-state index contributed by atoms with van der Waals surface area (Å²) < 4.78 is 0.996. The Hall–Kier alpha value is -1.99. The van der Waals surface area contributed by atoms with Crippen LogP contribution in [0, 0.1) is 0 Å². The molecule has 2 atom stereocenters. The number of anilines is 1. The summed E-state index contributed by atoms with van der Waals surface area (Å²) in [5, 5.41) is 13.7. The van der Waals surface area contributed by atoms with Crippen molar-refractivity contribution in [1.82, 2.24) is 10.3 Å². The van der Waals surface area contributed by atoms with Crippen molar-refractivity contribution < 1.29 is 4.79 Å². The number of hydrazone groups is 1. The molecule has 2 N–H and O–H groups in total. The Morgan fingerprint density at radius 1 is 1.24 bits per heavy atom. The Morgan fingerprint density at radius 2 is 2.08 bits per heavy atom. The zero-order valence-corrected chi connectivity index (χ0v) is 16.0. The predicted molar refractivity (Wildman–Crippen MR) is 105 cm³/mol. The standard InChI is InChI=1S/C18H17BrN4OS/c1-2-25-18-21-17(24)15-13-8-3-4-9-14(13)20-16(23(15)22-18)11-6-5-7-12(19)10-11/h3-10,15-16,20H,2H2,1H3,(H,21,22,24). The van der Waals surface area contributed by atoms with E-state index in [1.54, 1.807) is 0 Å². The van der Waals surface area contributed by atoms with Gasteiger partial charge in [0.05, 0.1) is 0 Å². The van der Waals surface area contributed by atoms with Gasteiger partial charge in [-0.2, -0.15) is 0 Å². The molecule has 2 unspecified atom stereocenters. The second-order valence-electron chi connectivity index (χ2n) is 5.80. The number of benzene rings is 2. The van der Waals surface area contributed by atoms with E-state index in [0.29, 0.717) is 5.17 Å². The summed E-state index contributed by atoms with van der Waals surface area (Å²) in [5.41, 5.74) is 2.95. The van der Waals surface area contributed by atoms with Gasteiger partial charge in [0, 0.05) is 15.7 Å². The van der Waals surface area contributed by atoms with Crippen LogP contribution in [0.25, 0.3) is 0 Å². The maximum absolute atomic E-state index is 12.8. The first-order valence-corrected chi connectivity index (χ1v) is 9.87. The Balaban J connectivity index is 1.84. The SMILES string of the molecule is CCSC1=NN2C(c3cccc(Br)c3)Nc3ccccc3C2C(=O)N1. The maximum Gasteiger partial charge on any atom is 0.255 e. The van der Waals surface area contributed by atoms with Crippen LogP contribution < -0.4 is 10.6 Å². The predicted octanol–water partition coefficient (Wildman–Crippen LogP) is 4.07. The van der Waals surface area contributed by atoms with E-state index in [0.717, 1.165) is 27.0 Å². The van der Waals surface area contributed by atoms with Crippen LogP contribution in [0.4, 0.5) is 5.69 Å². The Labute approximate surface area is 159 Å². The fourth-order valence-electron chi connectivity index (χ4n) is 3.17. The van der Waals surface area contributed by atoms with Crippen LogP contribution in [-0.2, 0) is 4.79 Å². The van der Waals surface area contributed by atoms with E-state index < -0.39 is 6.04 Å². The summed E-state index contributed by atoms with van der Waals surface area (Å²) in [5.74, 6) is 0.809. The number of fused-ring (bicyclic) bond motifs is 3. The van der Waals surface area contributed by atoms with Gasteiger partial charge in [0.1, 0.15) is 6.17 Å². The molecule has 0 radical (unpaired) electrons. The molecule has 0 spiro atoms. The fourth-order valence-corrected chi connectivity index (χ4v) is 4.18. The quantitative estimate of drug-likeness (QED) is 0.774. The van der Waals surface area contributed by atoms with E-state index in [-0.39, 0.29) is 12.1 Å². The van der Waals surface area contributed by atoms with Crippen LogP contribution in [0.1, 0.15) is 30.3 Å². The van der Waals surface area contributed by atoms with Crippen molar-refractivity contribution in [2.75, 3.05) is 11.1 Å². The number of halogens is 1. The number of nitrogens with one attached hydrogen (secondary N) is 2. The molecule has 25 heavy (non-hydrogen) atoms. The van der Waals surface area contributed by atoms with Gasteiger partial charge in [0.15, 0.2) is 11.2 Å². The molecule has 2 aliphatic heterocycles. The van der Waals surface area contributed by atoms with Crippen LogP contribution >= 0.6 is 27.7 Å². The first-order chi connectivity index (χ1) is 12.2. The highest BCUT2D eigenvalue weighted by Crippen LogP contribution is 2.42. The lowest BCUT2D eigenvalue weighted by Crippen LogP contribution is -2.50. The lowest BCUT2D eigenvalue weighted by molar-refractivity contribution is -0.127. The monoisotopic (exact) mass is 416 g/mol. The Morgan fingerprint density at radius 3 is 2.88 bits per heavy atom. The summed E-state index contributed by atoms with van der Waals surface area (Å²) in [7, 11) is 0. The molecule has 5 nitrogen and oxygen atoms in total. The smallest absolute Gasteiger partial charge is 0.255 e. The van der Waals surface area contributed by atoms with E-state index in [1.807, 2.05) is 54.4 Å². The van der Waals surface area contributed by atoms with Gasteiger partial charge >= 0.3 is 0 Å². The number of para-hydroxylation sites is 1. The van der Waals surface area contributed by atoms with E-state index in [9.17, 15) is 4.79 Å². The normalized spacial score (nSPS) is 21.6. The molecule has 0 saturated heterocycles. The molecule has 0 aromatic heterocycles. The van der Waals surface area contributed by atoms with Crippen molar-refractivity contribution in [2.45, 2.75) is 19.1 Å². The van der Waals surface area contributed by atoms with Gasteiger partial charge in [-0.25, -0.2) is 0 Å². The lowest BCUT2D eigenvalue weighted by atomic mass is 9.97. The number of hydrogen-bond donors (Lipinski definition) is 2. The highest BCUT2D eigenvalue weighted by molar-refractivity contribution is 9.10. The van der Waals surface area contributed by atoms with Crippen LogP contribution in [0.15, 0.2) is 58.1 Å². The topological polar surface area (TPSA) is 56.7 Å². The van der Waals surface area contributed by atoms with Crippen LogP contribution in [-0.4, -0.2) is 21.8 Å². The van der Waals surface area contributed by atoms with Crippen molar-refractivity contribution >= 4 is 44.5 Å². The van der Waals surface area contributed by atoms with E-state index in [2.05, 4.69) is 32.6 Å². The van der Waals surface area contributed by atoms with Gasteiger partial charge in [-0.1, -0.05) is 64.9 Å². The maximum atomic E-state index is 12.8. The number of amidine groups is 1. The van der Waals surface area contributed by atoms with Gasteiger partial charge < -0.3 is 10.6 Å². The number of carbonyl (C=O) groups is 1. The average Bonchev–Trinajstić information content (AvgIpc) is 2.61. The molecule has 4 rings (SSSR count). The van der Waals surface area contributed by atoms with Crippen LogP contribution in [0.5, 0.6) is 0 Å². The molecular formula is C18H17BrN4OS. The molecule has 1 amide bonds. The minimum absolute atomic E-state index is 0.0418. The minimum atomic E-state index is -0.442. The summed E-state index contributed by atoms with van der Waals surface area (Å²) in [6.45, 7) is 2.04. The van der Waals surface area contributed by atoms with Gasteiger partial charge in [-0.05, 0) is 29.5 Å². The molecule has 2 aromatic carbocycles. The summed E-state index contributed by atoms with van der Waals surface area (Å²) >= 11 is 5.06. The molecule has 0 bridgehead atoms. The minimum Gasteiger partial charge on any atom is -0.360 e. The summed E-state index contributed by atoms with van der Waals surface area (Å²) in [4.78, 5) is 12.8. The van der Waals surface area contributed by atoms with Crippen molar-refractivity contribution in [3.63, 3.8) is 0 Å². The zero-order chi connectivity index (χ0) is 17.4. The second kappa shape index (κ2) is 6.72. The fraction of sp³-hybridized carbons (Fsp3) is 0.222.